The zero-order chi connectivity index (χ0) is 12.4. The summed E-state index contributed by atoms with van der Waals surface area (Å²) in [4.78, 5) is 22.4. The van der Waals surface area contributed by atoms with E-state index in [2.05, 4.69) is 0 Å². The Morgan fingerprint density at radius 2 is 1.59 bits per heavy atom. The van der Waals surface area contributed by atoms with Crippen LogP contribution in [-0.2, 0) is 19.1 Å². The molecule has 1 fully saturated rings. The van der Waals surface area contributed by atoms with E-state index in [1.807, 2.05) is 44.2 Å². The molecule has 0 radical (unpaired) electrons. The van der Waals surface area contributed by atoms with Gasteiger partial charge in [0.2, 0.25) is 0 Å². The lowest BCUT2D eigenvalue weighted by molar-refractivity contribution is -0.199. The van der Waals surface area contributed by atoms with Crippen molar-refractivity contribution < 1.29 is 19.1 Å². The van der Waals surface area contributed by atoms with Gasteiger partial charge in [-0.2, -0.15) is 0 Å². The Hall–Kier alpha value is -1.84. The minimum Gasteiger partial charge on any atom is -0.449 e. The molecule has 4 nitrogen and oxygen atoms in total. The maximum Gasteiger partial charge on any atom is 0.418 e. The fourth-order valence-corrected chi connectivity index (χ4v) is 1.85. The van der Waals surface area contributed by atoms with Gasteiger partial charge in [-0.05, 0) is 11.5 Å². The highest BCUT2D eigenvalue weighted by molar-refractivity contribution is 6.30. The van der Waals surface area contributed by atoms with Crippen LogP contribution in [-0.4, -0.2) is 18.0 Å². The molecule has 1 aliphatic heterocycles. The topological polar surface area (TPSA) is 52.6 Å². The summed E-state index contributed by atoms with van der Waals surface area (Å²) in [5, 5.41) is 0. The molecule has 0 saturated carbocycles. The van der Waals surface area contributed by atoms with Crippen molar-refractivity contribution in [2.24, 2.45) is 5.92 Å². The lowest BCUT2D eigenvalue weighted by Crippen LogP contribution is -2.42. The number of benzene rings is 1. The van der Waals surface area contributed by atoms with Crippen LogP contribution in [0, 0.1) is 5.92 Å². The normalized spacial score (nSPS) is 24.4. The molecule has 2 atom stereocenters. The zero-order valence-corrected chi connectivity index (χ0v) is 9.75. The predicted molar refractivity (Wildman–Crippen MR) is 60.0 cm³/mol. The number of rotatable bonds is 2. The van der Waals surface area contributed by atoms with Crippen LogP contribution < -0.4 is 0 Å². The van der Waals surface area contributed by atoms with Gasteiger partial charge in [0, 0.05) is 0 Å². The van der Waals surface area contributed by atoms with Crippen LogP contribution in [0.2, 0.25) is 0 Å². The first-order chi connectivity index (χ1) is 8.09. The van der Waals surface area contributed by atoms with Crippen LogP contribution in [0.4, 0.5) is 0 Å². The summed E-state index contributed by atoms with van der Waals surface area (Å²) in [7, 11) is 0. The van der Waals surface area contributed by atoms with Crippen LogP contribution in [0.1, 0.15) is 25.5 Å². The monoisotopic (exact) mass is 234 g/mol. The quantitative estimate of drug-likeness (QED) is 0.579. The Morgan fingerprint density at radius 1 is 1.00 bits per heavy atom. The standard InChI is InChI=1S/C13H14O4/c1-8(2)10-11(9-6-4-3-5-7-9)17-13(15)12(14)16-10/h3-8,10-11H,1-2H3/t10-,11+/m0/s1. The van der Waals surface area contributed by atoms with Gasteiger partial charge in [0.1, 0.15) is 6.10 Å². The molecule has 90 valence electrons. The first-order valence-corrected chi connectivity index (χ1v) is 5.56. The second-order valence-corrected chi connectivity index (χ2v) is 4.35. The highest BCUT2D eigenvalue weighted by Crippen LogP contribution is 2.31. The Balaban J connectivity index is 2.29. The number of carbonyl (C=O) groups is 2. The summed E-state index contributed by atoms with van der Waals surface area (Å²) in [6.45, 7) is 3.85. The van der Waals surface area contributed by atoms with Crippen molar-refractivity contribution in [2.45, 2.75) is 26.1 Å². The SMILES string of the molecule is CC(C)[C@@H]1OC(=O)C(=O)O[C@@H]1c1ccccc1. The molecule has 4 heteroatoms. The molecule has 2 rings (SSSR count). The number of cyclic esters (lactones) is 2. The number of esters is 2. The average molecular weight is 234 g/mol. The molecule has 0 unspecified atom stereocenters. The molecular weight excluding hydrogens is 220 g/mol. The summed E-state index contributed by atoms with van der Waals surface area (Å²) < 4.78 is 10.3. The highest BCUT2D eigenvalue weighted by atomic mass is 16.6. The molecule has 0 amide bonds. The average Bonchev–Trinajstić information content (AvgIpc) is 2.33. The van der Waals surface area contributed by atoms with Gasteiger partial charge in [-0.1, -0.05) is 44.2 Å². The summed E-state index contributed by atoms with van der Waals surface area (Å²) in [6, 6.07) is 9.30. The van der Waals surface area contributed by atoms with Crippen molar-refractivity contribution in [3.63, 3.8) is 0 Å². The Morgan fingerprint density at radius 3 is 2.18 bits per heavy atom. The fraction of sp³-hybridized carbons (Fsp3) is 0.385. The predicted octanol–water partition coefficient (Wildman–Crippen LogP) is 1.85. The van der Waals surface area contributed by atoms with Crippen LogP contribution in [0.25, 0.3) is 0 Å². The second-order valence-electron chi connectivity index (χ2n) is 4.35. The number of hydrogen-bond acceptors (Lipinski definition) is 4. The van der Waals surface area contributed by atoms with Crippen molar-refractivity contribution in [3.8, 4) is 0 Å². The van der Waals surface area contributed by atoms with E-state index >= 15 is 0 Å². The molecule has 1 heterocycles. The van der Waals surface area contributed by atoms with Crippen LogP contribution in [0.5, 0.6) is 0 Å². The first-order valence-electron chi connectivity index (χ1n) is 5.56. The van der Waals surface area contributed by atoms with Gasteiger partial charge in [-0.15, -0.1) is 0 Å². The first kappa shape index (κ1) is 11.6. The van der Waals surface area contributed by atoms with Gasteiger partial charge in [0.25, 0.3) is 0 Å². The van der Waals surface area contributed by atoms with Crippen LogP contribution >= 0.6 is 0 Å². The van der Waals surface area contributed by atoms with Gasteiger partial charge in [0.05, 0.1) is 0 Å². The Bertz CT molecular complexity index is 424. The summed E-state index contributed by atoms with van der Waals surface area (Å²) in [6.07, 6.45) is -0.941. The lowest BCUT2D eigenvalue weighted by Gasteiger charge is -2.33. The molecule has 0 aliphatic carbocycles. The van der Waals surface area contributed by atoms with E-state index in [9.17, 15) is 9.59 Å². The third kappa shape index (κ3) is 2.30. The van der Waals surface area contributed by atoms with Crippen molar-refractivity contribution in [1.82, 2.24) is 0 Å². The van der Waals surface area contributed by atoms with E-state index in [0.29, 0.717) is 0 Å². The van der Waals surface area contributed by atoms with Crippen molar-refractivity contribution >= 4 is 11.9 Å². The second kappa shape index (κ2) is 4.57. The van der Waals surface area contributed by atoms with E-state index in [-0.39, 0.29) is 5.92 Å². The smallest absolute Gasteiger partial charge is 0.418 e. The van der Waals surface area contributed by atoms with Crippen LogP contribution in [0.3, 0.4) is 0 Å². The van der Waals surface area contributed by atoms with E-state index in [0.717, 1.165) is 5.56 Å². The fourth-order valence-electron chi connectivity index (χ4n) is 1.85. The molecule has 1 aromatic carbocycles. The summed E-state index contributed by atoms with van der Waals surface area (Å²) in [5.74, 6) is -1.75. The molecule has 1 saturated heterocycles. The van der Waals surface area contributed by atoms with Gasteiger partial charge in [-0.3, -0.25) is 0 Å². The van der Waals surface area contributed by atoms with E-state index in [4.69, 9.17) is 9.47 Å². The molecule has 1 aliphatic rings. The van der Waals surface area contributed by atoms with Gasteiger partial charge in [-0.25, -0.2) is 9.59 Å². The third-order valence-electron chi connectivity index (χ3n) is 2.73. The lowest BCUT2D eigenvalue weighted by atomic mass is 9.95. The molecule has 0 spiro atoms. The largest absolute Gasteiger partial charge is 0.449 e. The van der Waals surface area contributed by atoms with Gasteiger partial charge in [0.15, 0.2) is 6.10 Å². The van der Waals surface area contributed by atoms with Gasteiger partial charge >= 0.3 is 11.9 Å². The summed E-state index contributed by atoms with van der Waals surface area (Å²) >= 11 is 0. The number of hydrogen-bond donors (Lipinski definition) is 0. The molecule has 1 aromatic rings. The minimum absolute atomic E-state index is 0.0808. The van der Waals surface area contributed by atoms with E-state index in [1.165, 1.54) is 0 Å². The summed E-state index contributed by atoms with van der Waals surface area (Å²) in [5.41, 5.74) is 0.840. The Labute approximate surface area is 99.5 Å². The third-order valence-corrected chi connectivity index (χ3v) is 2.73. The van der Waals surface area contributed by atoms with E-state index in [1.54, 1.807) is 0 Å². The number of carbonyl (C=O) groups excluding carboxylic acids is 2. The van der Waals surface area contributed by atoms with Crippen LogP contribution in [0.15, 0.2) is 30.3 Å². The molecule has 0 N–H and O–H groups in total. The van der Waals surface area contributed by atoms with Crippen molar-refractivity contribution in [1.29, 1.82) is 0 Å². The maximum atomic E-state index is 11.2. The Kier molecular flexibility index (Phi) is 3.13. The number of ether oxygens (including phenoxy) is 2. The minimum atomic E-state index is -0.921. The zero-order valence-electron chi connectivity index (χ0n) is 9.75. The molecule has 0 aromatic heterocycles. The highest BCUT2D eigenvalue weighted by Gasteiger charge is 2.40. The molecule has 17 heavy (non-hydrogen) atoms. The van der Waals surface area contributed by atoms with E-state index < -0.39 is 24.1 Å². The van der Waals surface area contributed by atoms with Crippen molar-refractivity contribution in [2.75, 3.05) is 0 Å². The molecule has 0 bridgehead atoms. The van der Waals surface area contributed by atoms with Gasteiger partial charge < -0.3 is 9.47 Å². The maximum absolute atomic E-state index is 11.2. The molecular formula is C13H14O4. The van der Waals surface area contributed by atoms with Crippen molar-refractivity contribution in [3.05, 3.63) is 35.9 Å².